The lowest BCUT2D eigenvalue weighted by molar-refractivity contribution is 0.0383. The lowest BCUT2D eigenvalue weighted by Crippen LogP contribution is -2.41. The average molecular weight is 339 g/mol. The Bertz CT molecular complexity index is 728. The summed E-state index contributed by atoms with van der Waals surface area (Å²) in [5, 5.41) is 6.68. The maximum absolute atomic E-state index is 13.1. The topological polar surface area (TPSA) is 71.8 Å². The van der Waals surface area contributed by atoms with Crippen LogP contribution in [0.5, 0.6) is 0 Å². The molecule has 1 fully saturated rings. The predicted octanol–water partition coefficient (Wildman–Crippen LogP) is 1.04. The summed E-state index contributed by atoms with van der Waals surface area (Å²) in [4.78, 5) is 18.7. The molecule has 0 bridgehead atoms. The molecule has 130 valence electrons. The number of carbonyl (C=O) groups is 1. The van der Waals surface area contributed by atoms with E-state index in [4.69, 9.17) is 4.74 Å². The monoisotopic (exact) mass is 339 g/mol. The van der Waals surface area contributed by atoms with Crippen LogP contribution in [0, 0.1) is 6.92 Å². The number of aryl methyl sites for hydroxylation is 1. The number of nitrogens with zero attached hydrogens (tertiary/aromatic N) is 4. The molecule has 0 saturated carbocycles. The van der Waals surface area contributed by atoms with Gasteiger partial charge in [-0.1, -0.05) is 0 Å². The third kappa shape index (κ3) is 3.51. The molecule has 0 radical (unpaired) electrons. The fourth-order valence-corrected chi connectivity index (χ4v) is 2.68. The van der Waals surface area contributed by atoms with Gasteiger partial charge in [0.1, 0.15) is 11.3 Å². The highest BCUT2D eigenvalue weighted by atomic mass is 19.3. The molecule has 0 aliphatic carbocycles. The minimum Gasteiger partial charge on any atom is -0.379 e. The zero-order valence-corrected chi connectivity index (χ0v) is 13.3. The van der Waals surface area contributed by atoms with Crippen molar-refractivity contribution in [3.63, 3.8) is 0 Å². The van der Waals surface area contributed by atoms with E-state index in [9.17, 15) is 13.6 Å². The van der Waals surface area contributed by atoms with E-state index in [2.05, 4.69) is 20.3 Å². The number of fused-ring (bicyclic) bond motifs is 1. The van der Waals surface area contributed by atoms with Crippen LogP contribution in [-0.2, 0) is 4.74 Å². The normalized spacial score (nSPS) is 16.0. The number of aromatic nitrogens is 3. The van der Waals surface area contributed by atoms with Gasteiger partial charge in [0, 0.05) is 31.9 Å². The number of ether oxygens (including phenoxy) is 1. The largest absolute Gasteiger partial charge is 0.379 e. The van der Waals surface area contributed by atoms with Gasteiger partial charge in [-0.3, -0.25) is 9.69 Å². The maximum atomic E-state index is 13.1. The Hall–Kier alpha value is -2.13. The van der Waals surface area contributed by atoms with Crippen molar-refractivity contribution in [3.8, 4) is 0 Å². The van der Waals surface area contributed by atoms with E-state index >= 15 is 0 Å². The van der Waals surface area contributed by atoms with Gasteiger partial charge in [-0.25, -0.2) is 18.3 Å². The van der Waals surface area contributed by atoms with Crippen molar-refractivity contribution in [1.82, 2.24) is 24.8 Å². The molecule has 1 amide bonds. The Morgan fingerprint density at radius 3 is 2.88 bits per heavy atom. The fraction of sp³-hybridized carbons (Fsp3) is 0.533. The molecule has 3 heterocycles. The Kier molecular flexibility index (Phi) is 5.00. The minimum absolute atomic E-state index is 0.147. The summed E-state index contributed by atoms with van der Waals surface area (Å²) in [6.07, 6.45) is -1.41. The molecule has 1 saturated heterocycles. The first kappa shape index (κ1) is 16.7. The third-order valence-electron chi connectivity index (χ3n) is 3.91. The van der Waals surface area contributed by atoms with E-state index in [1.54, 1.807) is 6.92 Å². The van der Waals surface area contributed by atoms with Crippen molar-refractivity contribution < 1.29 is 18.3 Å². The number of halogens is 2. The number of amides is 1. The maximum Gasteiger partial charge on any atom is 0.280 e. The number of rotatable bonds is 5. The van der Waals surface area contributed by atoms with Crippen molar-refractivity contribution in [3.05, 3.63) is 29.2 Å². The molecule has 7 nitrogen and oxygen atoms in total. The van der Waals surface area contributed by atoms with Crippen LogP contribution in [-0.4, -0.2) is 64.8 Å². The molecule has 2 aromatic heterocycles. The summed E-state index contributed by atoms with van der Waals surface area (Å²) in [6, 6.07) is 1.27. The van der Waals surface area contributed by atoms with Crippen LogP contribution in [0.2, 0.25) is 0 Å². The SMILES string of the molecule is Cc1cc(C(F)F)n2ncc(C(=O)NCCN3CCOCC3)c2n1. The fourth-order valence-electron chi connectivity index (χ4n) is 2.68. The molecule has 1 N–H and O–H groups in total. The Morgan fingerprint density at radius 2 is 2.17 bits per heavy atom. The van der Waals surface area contributed by atoms with Crippen molar-refractivity contribution in [2.45, 2.75) is 13.3 Å². The first-order chi connectivity index (χ1) is 11.6. The summed E-state index contributed by atoms with van der Waals surface area (Å²) >= 11 is 0. The van der Waals surface area contributed by atoms with Crippen LogP contribution in [0.3, 0.4) is 0 Å². The molecule has 1 aliphatic rings. The summed E-state index contributed by atoms with van der Waals surface area (Å²) in [6.45, 7) is 5.85. The van der Waals surface area contributed by atoms with E-state index in [0.717, 1.165) is 17.6 Å². The second-order valence-corrected chi connectivity index (χ2v) is 5.63. The van der Waals surface area contributed by atoms with Crippen molar-refractivity contribution in [2.24, 2.45) is 0 Å². The van der Waals surface area contributed by atoms with Gasteiger partial charge in [0.2, 0.25) is 0 Å². The number of carbonyl (C=O) groups excluding carboxylic acids is 1. The first-order valence-electron chi connectivity index (χ1n) is 7.78. The van der Waals surface area contributed by atoms with Gasteiger partial charge in [-0.15, -0.1) is 0 Å². The Balaban J connectivity index is 1.70. The van der Waals surface area contributed by atoms with Gasteiger partial charge < -0.3 is 10.1 Å². The average Bonchev–Trinajstić information content (AvgIpc) is 2.98. The number of hydrogen-bond acceptors (Lipinski definition) is 5. The molecule has 3 rings (SSSR count). The summed E-state index contributed by atoms with van der Waals surface area (Å²) in [5.74, 6) is -0.364. The highest BCUT2D eigenvalue weighted by molar-refractivity contribution is 5.99. The third-order valence-corrected chi connectivity index (χ3v) is 3.91. The molecular formula is C15H19F2N5O2. The first-order valence-corrected chi connectivity index (χ1v) is 7.78. The summed E-state index contributed by atoms with van der Waals surface area (Å²) in [5.41, 5.74) is 0.488. The smallest absolute Gasteiger partial charge is 0.280 e. The molecular weight excluding hydrogens is 320 g/mol. The summed E-state index contributed by atoms with van der Waals surface area (Å²) < 4.78 is 32.5. The Morgan fingerprint density at radius 1 is 1.42 bits per heavy atom. The van der Waals surface area contributed by atoms with E-state index in [1.807, 2.05) is 0 Å². The zero-order chi connectivity index (χ0) is 17.1. The van der Waals surface area contributed by atoms with Crippen LogP contribution in [0.25, 0.3) is 5.65 Å². The molecule has 0 aromatic carbocycles. The van der Waals surface area contributed by atoms with Gasteiger partial charge in [0.05, 0.1) is 19.4 Å². The molecule has 24 heavy (non-hydrogen) atoms. The van der Waals surface area contributed by atoms with E-state index in [-0.39, 0.29) is 22.8 Å². The van der Waals surface area contributed by atoms with Gasteiger partial charge in [-0.2, -0.15) is 5.10 Å². The van der Waals surface area contributed by atoms with E-state index in [0.29, 0.717) is 32.0 Å². The number of nitrogens with one attached hydrogen (secondary N) is 1. The lowest BCUT2D eigenvalue weighted by Gasteiger charge is -2.26. The van der Waals surface area contributed by atoms with Crippen LogP contribution >= 0.6 is 0 Å². The van der Waals surface area contributed by atoms with E-state index in [1.165, 1.54) is 12.3 Å². The highest BCUT2D eigenvalue weighted by Gasteiger charge is 2.20. The zero-order valence-electron chi connectivity index (χ0n) is 13.3. The van der Waals surface area contributed by atoms with Gasteiger partial charge >= 0.3 is 0 Å². The molecule has 0 atom stereocenters. The van der Waals surface area contributed by atoms with E-state index < -0.39 is 6.43 Å². The van der Waals surface area contributed by atoms with Crippen molar-refractivity contribution in [1.29, 1.82) is 0 Å². The number of hydrogen-bond donors (Lipinski definition) is 1. The summed E-state index contributed by atoms with van der Waals surface area (Å²) in [7, 11) is 0. The molecule has 0 spiro atoms. The van der Waals surface area contributed by atoms with Crippen molar-refractivity contribution >= 4 is 11.6 Å². The standard InChI is InChI=1S/C15H19F2N5O2/c1-10-8-12(13(16)17)22-14(20-10)11(9-19-22)15(23)18-2-3-21-4-6-24-7-5-21/h8-9,13H,2-7H2,1H3,(H,18,23). The van der Waals surface area contributed by atoms with Crippen LogP contribution in [0.4, 0.5) is 8.78 Å². The van der Waals surface area contributed by atoms with Gasteiger partial charge in [-0.05, 0) is 13.0 Å². The van der Waals surface area contributed by atoms with Crippen LogP contribution in [0.15, 0.2) is 12.3 Å². The second-order valence-electron chi connectivity index (χ2n) is 5.63. The van der Waals surface area contributed by atoms with Gasteiger partial charge in [0.25, 0.3) is 12.3 Å². The van der Waals surface area contributed by atoms with Crippen LogP contribution < -0.4 is 5.32 Å². The minimum atomic E-state index is -2.69. The Labute approximate surface area is 137 Å². The van der Waals surface area contributed by atoms with Crippen molar-refractivity contribution in [2.75, 3.05) is 39.4 Å². The number of morpholine rings is 1. The number of alkyl halides is 2. The van der Waals surface area contributed by atoms with Crippen LogP contribution in [0.1, 0.15) is 28.2 Å². The molecule has 0 unspecified atom stereocenters. The predicted molar refractivity (Wildman–Crippen MR) is 82.3 cm³/mol. The molecule has 9 heteroatoms. The van der Waals surface area contributed by atoms with Gasteiger partial charge in [0.15, 0.2) is 5.65 Å². The molecule has 2 aromatic rings. The highest BCUT2D eigenvalue weighted by Crippen LogP contribution is 2.21. The quantitative estimate of drug-likeness (QED) is 0.881. The molecule has 1 aliphatic heterocycles. The second kappa shape index (κ2) is 7.18. The lowest BCUT2D eigenvalue weighted by atomic mass is 10.3.